The fourth-order valence-electron chi connectivity index (χ4n) is 1.99. The van der Waals surface area contributed by atoms with Crippen LogP contribution in [0.5, 0.6) is 0 Å². The van der Waals surface area contributed by atoms with Crippen LogP contribution in [0.3, 0.4) is 0 Å². The largest absolute Gasteiger partial charge is 0.341 e. The highest BCUT2D eigenvalue weighted by molar-refractivity contribution is 5.76. The van der Waals surface area contributed by atoms with Gasteiger partial charge in [0.25, 0.3) is 0 Å². The lowest BCUT2D eigenvalue weighted by Crippen LogP contribution is -2.35. The molecule has 0 aromatic heterocycles. The molecule has 2 N–H and O–H groups in total. The van der Waals surface area contributed by atoms with Crippen LogP contribution in [0.1, 0.15) is 43.4 Å². The van der Waals surface area contributed by atoms with E-state index in [1.54, 1.807) is 4.90 Å². The number of carbonyl (C=O) groups excluding carboxylic acids is 1. The molecule has 1 rings (SSSR count). The van der Waals surface area contributed by atoms with E-state index < -0.39 is 0 Å². The lowest BCUT2D eigenvalue weighted by molar-refractivity contribution is -0.130. The van der Waals surface area contributed by atoms with E-state index in [4.69, 9.17) is 5.73 Å². The maximum absolute atomic E-state index is 12.0. The molecule has 0 unspecified atom stereocenters. The van der Waals surface area contributed by atoms with E-state index in [1.807, 2.05) is 20.9 Å². The highest BCUT2D eigenvalue weighted by Gasteiger charge is 2.16. The Morgan fingerprint density at radius 2 is 1.95 bits per heavy atom. The summed E-state index contributed by atoms with van der Waals surface area (Å²) in [7, 11) is 1.85. The van der Waals surface area contributed by atoms with Crippen LogP contribution in [-0.2, 0) is 11.3 Å². The van der Waals surface area contributed by atoms with Gasteiger partial charge < -0.3 is 10.6 Å². The summed E-state index contributed by atoms with van der Waals surface area (Å²) in [6.07, 6.45) is 1.22. The van der Waals surface area contributed by atoms with Crippen LogP contribution in [0, 0.1) is 13.8 Å². The lowest BCUT2D eigenvalue weighted by atomic mass is 9.99. The molecule has 1 aromatic carbocycles. The summed E-state index contributed by atoms with van der Waals surface area (Å²) in [5.74, 6) is 0.151. The monoisotopic (exact) mass is 262 g/mol. The van der Waals surface area contributed by atoms with Crippen LogP contribution in [0.2, 0.25) is 0 Å². The van der Waals surface area contributed by atoms with Gasteiger partial charge in [-0.05, 0) is 45.2 Å². The van der Waals surface area contributed by atoms with Crippen LogP contribution >= 0.6 is 0 Å². The topological polar surface area (TPSA) is 46.3 Å². The molecule has 0 aliphatic carbocycles. The zero-order chi connectivity index (χ0) is 14.6. The number of hydrogen-bond donors (Lipinski definition) is 1. The molecule has 1 aromatic rings. The molecule has 0 aliphatic rings. The number of nitrogens with zero attached hydrogens (tertiary/aromatic N) is 1. The van der Waals surface area contributed by atoms with Gasteiger partial charge >= 0.3 is 0 Å². The van der Waals surface area contributed by atoms with Crippen molar-refractivity contribution in [3.63, 3.8) is 0 Å². The Balaban J connectivity index is 2.59. The molecule has 0 saturated carbocycles. The standard InChI is InChI=1S/C16H26N2O/c1-12-6-7-14(13(2)10-12)11-18(5)15(19)8-9-16(3,4)17/h6-7,10H,8-9,11,17H2,1-5H3. The van der Waals surface area contributed by atoms with Gasteiger partial charge in [-0.2, -0.15) is 0 Å². The van der Waals surface area contributed by atoms with Crippen molar-refractivity contribution >= 4 is 5.91 Å². The van der Waals surface area contributed by atoms with Crippen molar-refractivity contribution in [3.8, 4) is 0 Å². The Hall–Kier alpha value is -1.35. The quantitative estimate of drug-likeness (QED) is 0.887. The molecule has 0 fully saturated rings. The molecule has 106 valence electrons. The van der Waals surface area contributed by atoms with E-state index in [0.717, 1.165) is 0 Å². The second-order valence-electron chi connectivity index (χ2n) is 6.17. The molecular formula is C16H26N2O. The van der Waals surface area contributed by atoms with Crippen molar-refractivity contribution in [3.05, 3.63) is 34.9 Å². The Morgan fingerprint density at radius 3 is 2.47 bits per heavy atom. The van der Waals surface area contributed by atoms with Crippen LogP contribution < -0.4 is 5.73 Å². The first-order chi connectivity index (χ1) is 8.69. The minimum atomic E-state index is -0.281. The Bertz CT molecular complexity index is 447. The maximum Gasteiger partial charge on any atom is 0.222 e. The van der Waals surface area contributed by atoms with Crippen molar-refractivity contribution in [1.82, 2.24) is 4.90 Å². The summed E-state index contributed by atoms with van der Waals surface area (Å²) in [6, 6.07) is 6.33. The Kier molecular flexibility index (Phi) is 5.12. The van der Waals surface area contributed by atoms with E-state index in [9.17, 15) is 4.79 Å². The van der Waals surface area contributed by atoms with Crippen molar-refractivity contribution in [2.45, 2.75) is 52.6 Å². The van der Waals surface area contributed by atoms with Crippen molar-refractivity contribution in [2.75, 3.05) is 7.05 Å². The molecule has 1 amide bonds. The average Bonchev–Trinajstić information content (AvgIpc) is 2.28. The number of benzene rings is 1. The molecular weight excluding hydrogens is 236 g/mol. The van der Waals surface area contributed by atoms with Crippen LogP contribution in [0.4, 0.5) is 0 Å². The van der Waals surface area contributed by atoms with E-state index in [-0.39, 0.29) is 11.4 Å². The van der Waals surface area contributed by atoms with Crippen molar-refractivity contribution in [1.29, 1.82) is 0 Å². The van der Waals surface area contributed by atoms with Gasteiger partial charge in [0.2, 0.25) is 5.91 Å². The van der Waals surface area contributed by atoms with E-state index in [0.29, 0.717) is 19.4 Å². The Morgan fingerprint density at radius 1 is 1.32 bits per heavy atom. The zero-order valence-electron chi connectivity index (χ0n) is 12.8. The number of aryl methyl sites for hydroxylation is 2. The van der Waals surface area contributed by atoms with Crippen LogP contribution in [0.25, 0.3) is 0 Å². The van der Waals surface area contributed by atoms with E-state index in [2.05, 4.69) is 32.0 Å². The number of carbonyl (C=O) groups is 1. The molecule has 0 heterocycles. The first-order valence-electron chi connectivity index (χ1n) is 6.78. The smallest absolute Gasteiger partial charge is 0.222 e. The normalized spacial score (nSPS) is 11.5. The van der Waals surface area contributed by atoms with E-state index >= 15 is 0 Å². The van der Waals surface area contributed by atoms with Gasteiger partial charge in [-0.3, -0.25) is 4.79 Å². The van der Waals surface area contributed by atoms with Gasteiger partial charge in [0.1, 0.15) is 0 Å². The summed E-state index contributed by atoms with van der Waals surface area (Å²) in [5.41, 5.74) is 9.31. The molecule has 0 aliphatic heterocycles. The summed E-state index contributed by atoms with van der Waals surface area (Å²) in [6.45, 7) is 8.73. The number of amides is 1. The van der Waals surface area contributed by atoms with Crippen molar-refractivity contribution in [2.24, 2.45) is 5.73 Å². The third-order valence-electron chi connectivity index (χ3n) is 3.31. The van der Waals surface area contributed by atoms with Gasteiger partial charge in [-0.25, -0.2) is 0 Å². The second-order valence-corrected chi connectivity index (χ2v) is 6.17. The van der Waals surface area contributed by atoms with E-state index in [1.165, 1.54) is 16.7 Å². The predicted molar refractivity (Wildman–Crippen MR) is 79.9 cm³/mol. The van der Waals surface area contributed by atoms with Gasteiger partial charge in [-0.1, -0.05) is 23.8 Å². The fraction of sp³-hybridized carbons (Fsp3) is 0.562. The summed E-state index contributed by atoms with van der Waals surface area (Å²) < 4.78 is 0. The first kappa shape index (κ1) is 15.7. The minimum Gasteiger partial charge on any atom is -0.341 e. The minimum absolute atomic E-state index is 0.151. The maximum atomic E-state index is 12.0. The van der Waals surface area contributed by atoms with Gasteiger partial charge in [0, 0.05) is 25.6 Å². The third kappa shape index (κ3) is 5.43. The highest BCUT2D eigenvalue weighted by atomic mass is 16.2. The average molecular weight is 262 g/mol. The zero-order valence-corrected chi connectivity index (χ0v) is 12.8. The summed E-state index contributed by atoms with van der Waals surface area (Å²) >= 11 is 0. The molecule has 0 atom stereocenters. The second kappa shape index (κ2) is 6.20. The number of rotatable bonds is 5. The summed E-state index contributed by atoms with van der Waals surface area (Å²) in [4.78, 5) is 13.8. The molecule has 0 saturated heterocycles. The molecule has 3 heteroatoms. The van der Waals surface area contributed by atoms with Crippen molar-refractivity contribution < 1.29 is 4.79 Å². The molecule has 0 spiro atoms. The lowest BCUT2D eigenvalue weighted by Gasteiger charge is -2.22. The molecule has 3 nitrogen and oxygen atoms in total. The fourth-order valence-corrected chi connectivity index (χ4v) is 1.99. The third-order valence-corrected chi connectivity index (χ3v) is 3.31. The summed E-state index contributed by atoms with van der Waals surface area (Å²) in [5, 5.41) is 0. The van der Waals surface area contributed by atoms with Gasteiger partial charge in [0.15, 0.2) is 0 Å². The SMILES string of the molecule is Cc1ccc(CN(C)C(=O)CCC(C)(C)N)c(C)c1. The molecule has 19 heavy (non-hydrogen) atoms. The van der Waals surface area contributed by atoms with Gasteiger partial charge in [-0.15, -0.1) is 0 Å². The van der Waals surface area contributed by atoms with Crippen LogP contribution in [-0.4, -0.2) is 23.4 Å². The number of hydrogen-bond acceptors (Lipinski definition) is 2. The molecule has 0 radical (unpaired) electrons. The Labute approximate surface area is 116 Å². The molecule has 0 bridgehead atoms. The first-order valence-corrected chi connectivity index (χ1v) is 6.78. The highest BCUT2D eigenvalue weighted by Crippen LogP contribution is 2.14. The number of nitrogens with two attached hydrogens (primary N) is 1. The van der Waals surface area contributed by atoms with Gasteiger partial charge in [0.05, 0.1) is 0 Å². The van der Waals surface area contributed by atoms with Crippen LogP contribution in [0.15, 0.2) is 18.2 Å². The predicted octanol–water partition coefficient (Wildman–Crippen LogP) is 2.78.